The number of benzene rings is 1. The topological polar surface area (TPSA) is 66.8 Å². The van der Waals surface area contributed by atoms with Crippen molar-refractivity contribution >= 4 is 5.97 Å². The Kier molecular flexibility index (Phi) is 6.72. The molecule has 124 valence electrons. The number of phenols is 2. The van der Waals surface area contributed by atoms with E-state index >= 15 is 0 Å². The molecule has 0 heterocycles. The fourth-order valence-corrected chi connectivity index (χ4v) is 2.67. The molecule has 0 radical (unpaired) electrons. The fourth-order valence-electron chi connectivity index (χ4n) is 2.67. The van der Waals surface area contributed by atoms with Crippen LogP contribution in [0.15, 0.2) is 18.2 Å². The lowest BCUT2D eigenvalue weighted by Crippen LogP contribution is -2.17. The predicted octanol–water partition coefficient (Wildman–Crippen LogP) is 4.14. The van der Waals surface area contributed by atoms with Crippen molar-refractivity contribution in [2.75, 3.05) is 6.61 Å². The van der Waals surface area contributed by atoms with Crippen molar-refractivity contribution < 1.29 is 19.7 Å². The Balaban J connectivity index is 2.43. The zero-order valence-electron chi connectivity index (χ0n) is 14.1. The lowest BCUT2D eigenvalue weighted by atomic mass is 9.79. The van der Waals surface area contributed by atoms with E-state index < -0.39 is 0 Å². The summed E-state index contributed by atoms with van der Waals surface area (Å²) in [5.74, 6) is 0.503. The highest BCUT2D eigenvalue weighted by molar-refractivity contribution is 5.65. The molecule has 0 saturated heterocycles. The van der Waals surface area contributed by atoms with E-state index in [9.17, 15) is 15.0 Å². The third-order valence-corrected chi connectivity index (χ3v) is 4.13. The number of ether oxygens (including phenoxy) is 1. The van der Waals surface area contributed by atoms with Gasteiger partial charge >= 0.3 is 5.97 Å². The molecule has 0 aliphatic carbocycles. The van der Waals surface area contributed by atoms with Crippen LogP contribution in [0.2, 0.25) is 0 Å². The number of aromatic hydroxyl groups is 2. The van der Waals surface area contributed by atoms with Gasteiger partial charge in [0.2, 0.25) is 0 Å². The summed E-state index contributed by atoms with van der Waals surface area (Å²) in [4.78, 5) is 10.7. The van der Waals surface area contributed by atoms with E-state index in [1.165, 1.54) is 13.0 Å². The normalized spacial score (nSPS) is 12.9. The maximum Gasteiger partial charge on any atom is 0.302 e. The Hall–Kier alpha value is -1.71. The van der Waals surface area contributed by atoms with Crippen LogP contribution in [0.3, 0.4) is 0 Å². The summed E-state index contributed by atoms with van der Waals surface area (Å²) in [6, 6.07) is 4.78. The minimum atomic E-state index is -0.226. The number of carbonyl (C=O) groups is 1. The third-order valence-electron chi connectivity index (χ3n) is 4.13. The lowest BCUT2D eigenvalue weighted by Gasteiger charge is -2.27. The first kappa shape index (κ1) is 18.3. The Morgan fingerprint density at radius 3 is 2.55 bits per heavy atom. The van der Waals surface area contributed by atoms with E-state index in [1.807, 2.05) is 0 Å². The van der Waals surface area contributed by atoms with E-state index in [4.69, 9.17) is 4.74 Å². The maximum atomic E-state index is 10.7. The van der Waals surface area contributed by atoms with Crippen LogP contribution >= 0.6 is 0 Å². The average molecular weight is 308 g/mol. The van der Waals surface area contributed by atoms with Gasteiger partial charge in [-0.1, -0.05) is 39.7 Å². The Morgan fingerprint density at radius 1 is 1.27 bits per heavy atom. The Morgan fingerprint density at radius 2 is 1.95 bits per heavy atom. The predicted molar refractivity (Wildman–Crippen MR) is 87.1 cm³/mol. The first-order valence-electron chi connectivity index (χ1n) is 7.88. The molecule has 1 unspecified atom stereocenters. The summed E-state index contributed by atoms with van der Waals surface area (Å²) >= 11 is 0. The molecule has 4 nitrogen and oxygen atoms in total. The van der Waals surface area contributed by atoms with E-state index in [0.29, 0.717) is 12.5 Å². The van der Waals surface area contributed by atoms with Gasteiger partial charge in [0.25, 0.3) is 0 Å². The van der Waals surface area contributed by atoms with E-state index in [2.05, 4.69) is 20.8 Å². The molecule has 0 spiro atoms. The van der Waals surface area contributed by atoms with Crippen molar-refractivity contribution in [2.24, 2.45) is 5.92 Å². The quantitative estimate of drug-likeness (QED) is 0.708. The van der Waals surface area contributed by atoms with Crippen LogP contribution in [0.1, 0.15) is 58.9 Å². The number of carbonyl (C=O) groups excluding carboxylic acids is 1. The third kappa shape index (κ3) is 5.96. The number of hydrogen-bond donors (Lipinski definition) is 2. The Bertz CT molecular complexity index is 494. The molecule has 0 aliphatic rings. The molecule has 0 fully saturated rings. The first-order chi connectivity index (χ1) is 10.2. The van der Waals surface area contributed by atoms with Gasteiger partial charge in [0.1, 0.15) is 11.5 Å². The minimum absolute atomic E-state index is 0.0798. The molecule has 0 amide bonds. The fraction of sp³-hybridized carbons (Fsp3) is 0.611. The number of hydrogen-bond acceptors (Lipinski definition) is 4. The van der Waals surface area contributed by atoms with Crippen molar-refractivity contribution in [2.45, 2.75) is 58.8 Å². The standard InChI is InChI=1S/C18H28O4/c1-13(9-11-22-14(2)19)6-5-10-18(3,4)16-8-7-15(20)12-17(16)21/h7-8,12-13,20-21H,5-6,9-11H2,1-4H3. The van der Waals surface area contributed by atoms with Crippen LogP contribution in [0.5, 0.6) is 11.5 Å². The number of rotatable bonds is 8. The van der Waals surface area contributed by atoms with Crippen molar-refractivity contribution in [1.29, 1.82) is 0 Å². The van der Waals surface area contributed by atoms with Gasteiger partial charge in [0.15, 0.2) is 0 Å². The summed E-state index contributed by atoms with van der Waals surface area (Å²) in [6.45, 7) is 8.27. The highest BCUT2D eigenvalue weighted by Crippen LogP contribution is 2.37. The summed E-state index contributed by atoms with van der Waals surface area (Å²) < 4.78 is 4.96. The maximum absolute atomic E-state index is 10.7. The van der Waals surface area contributed by atoms with Crippen molar-refractivity contribution in [1.82, 2.24) is 0 Å². The van der Waals surface area contributed by atoms with Crippen LogP contribution in [0.4, 0.5) is 0 Å². The molecule has 0 aromatic heterocycles. The average Bonchev–Trinajstić information content (AvgIpc) is 2.37. The molecular weight excluding hydrogens is 280 g/mol. The molecule has 22 heavy (non-hydrogen) atoms. The van der Waals surface area contributed by atoms with E-state index in [1.54, 1.807) is 12.1 Å². The monoisotopic (exact) mass is 308 g/mol. The van der Waals surface area contributed by atoms with Crippen LogP contribution in [0, 0.1) is 5.92 Å². The second-order valence-electron chi connectivity index (χ2n) is 6.71. The first-order valence-corrected chi connectivity index (χ1v) is 7.88. The van der Waals surface area contributed by atoms with Gasteiger partial charge < -0.3 is 14.9 Å². The summed E-state index contributed by atoms with van der Waals surface area (Å²) in [6.07, 6.45) is 3.92. The highest BCUT2D eigenvalue weighted by atomic mass is 16.5. The van der Waals surface area contributed by atoms with E-state index in [0.717, 1.165) is 31.2 Å². The van der Waals surface area contributed by atoms with Gasteiger partial charge in [0, 0.05) is 13.0 Å². The second-order valence-corrected chi connectivity index (χ2v) is 6.71. The lowest BCUT2D eigenvalue weighted by molar-refractivity contribution is -0.141. The van der Waals surface area contributed by atoms with Gasteiger partial charge in [-0.25, -0.2) is 0 Å². The van der Waals surface area contributed by atoms with Gasteiger partial charge in [-0.15, -0.1) is 0 Å². The largest absolute Gasteiger partial charge is 0.508 e. The summed E-state index contributed by atoms with van der Waals surface area (Å²) in [7, 11) is 0. The second kappa shape index (κ2) is 8.06. The molecule has 0 aliphatic heterocycles. The van der Waals surface area contributed by atoms with Crippen molar-refractivity contribution in [3.8, 4) is 11.5 Å². The molecule has 4 heteroatoms. The van der Waals surface area contributed by atoms with Crippen molar-refractivity contribution in [3.05, 3.63) is 23.8 Å². The molecule has 1 atom stereocenters. The van der Waals surface area contributed by atoms with Crippen LogP contribution in [0.25, 0.3) is 0 Å². The molecule has 0 saturated carbocycles. The van der Waals surface area contributed by atoms with Crippen molar-refractivity contribution in [3.63, 3.8) is 0 Å². The number of phenolic OH excluding ortho intramolecular Hbond substituents is 2. The molecule has 0 bridgehead atoms. The summed E-state index contributed by atoms with van der Waals surface area (Å²) in [5, 5.41) is 19.4. The molecular formula is C18H28O4. The molecule has 1 aromatic carbocycles. The van der Waals surface area contributed by atoms with Gasteiger partial charge in [-0.05, 0) is 35.8 Å². The number of esters is 1. The molecule has 1 rings (SSSR count). The molecule has 2 N–H and O–H groups in total. The molecule has 1 aromatic rings. The van der Waals surface area contributed by atoms with Crippen LogP contribution in [-0.4, -0.2) is 22.8 Å². The van der Waals surface area contributed by atoms with Crippen LogP contribution in [-0.2, 0) is 14.9 Å². The zero-order valence-corrected chi connectivity index (χ0v) is 14.1. The van der Waals surface area contributed by atoms with Gasteiger partial charge in [-0.2, -0.15) is 0 Å². The van der Waals surface area contributed by atoms with Gasteiger partial charge in [-0.3, -0.25) is 4.79 Å². The zero-order chi connectivity index (χ0) is 16.8. The highest BCUT2D eigenvalue weighted by Gasteiger charge is 2.24. The van der Waals surface area contributed by atoms with Crippen LogP contribution < -0.4 is 0 Å². The summed E-state index contributed by atoms with van der Waals surface area (Å²) in [5.41, 5.74) is 0.714. The SMILES string of the molecule is CC(=O)OCCC(C)CCCC(C)(C)c1ccc(O)cc1O. The smallest absolute Gasteiger partial charge is 0.302 e. The van der Waals surface area contributed by atoms with E-state index in [-0.39, 0.29) is 22.9 Å². The minimum Gasteiger partial charge on any atom is -0.508 e. The van der Waals surface area contributed by atoms with Gasteiger partial charge in [0.05, 0.1) is 6.61 Å². The Labute approximate surface area is 133 Å².